The highest BCUT2D eigenvalue weighted by Crippen LogP contribution is 2.39. The summed E-state index contributed by atoms with van der Waals surface area (Å²) in [6, 6.07) is 9.62. The first-order chi connectivity index (χ1) is 14.1. The molecule has 7 nitrogen and oxygen atoms in total. The van der Waals surface area contributed by atoms with Crippen molar-refractivity contribution >= 4 is 21.7 Å². The van der Waals surface area contributed by atoms with Gasteiger partial charge in [-0.05, 0) is 37.7 Å². The molecule has 1 saturated carbocycles. The van der Waals surface area contributed by atoms with Crippen LogP contribution in [0.5, 0.6) is 0 Å². The Hall–Kier alpha value is -1.93. The average Bonchev–Trinajstić information content (AvgIpc) is 2.99. The summed E-state index contributed by atoms with van der Waals surface area (Å²) in [5.74, 6) is -0.863. The Morgan fingerprint density at radius 3 is 2.43 bits per heavy atom. The van der Waals surface area contributed by atoms with Gasteiger partial charge >= 0.3 is 0 Å². The van der Waals surface area contributed by atoms with E-state index in [9.17, 15) is 23.1 Å². The van der Waals surface area contributed by atoms with Gasteiger partial charge in [0.05, 0.1) is 29.6 Å². The molecule has 0 unspecified atom stereocenters. The Morgan fingerprint density at radius 2 is 1.83 bits per heavy atom. The van der Waals surface area contributed by atoms with Crippen molar-refractivity contribution in [1.29, 1.82) is 0 Å². The van der Waals surface area contributed by atoms with Gasteiger partial charge in [0, 0.05) is 25.9 Å². The molecule has 0 bridgehead atoms. The summed E-state index contributed by atoms with van der Waals surface area (Å²) in [5.41, 5.74) is 0.797. The number of hydrogen-bond acceptors (Lipinski definition) is 5. The summed E-state index contributed by atoms with van der Waals surface area (Å²) in [7, 11) is -1.47. The van der Waals surface area contributed by atoms with Crippen LogP contribution in [0.2, 0.25) is 0 Å². The van der Waals surface area contributed by atoms with Crippen LogP contribution in [0.25, 0.3) is 0 Å². The van der Waals surface area contributed by atoms with Crippen molar-refractivity contribution in [2.24, 2.45) is 5.92 Å². The van der Waals surface area contributed by atoms with Crippen LogP contribution in [0.3, 0.4) is 0 Å². The van der Waals surface area contributed by atoms with E-state index in [1.165, 1.54) is 6.92 Å². The van der Waals surface area contributed by atoms with Gasteiger partial charge in [-0.2, -0.15) is 0 Å². The maximum absolute atomic E-state index is 12.9. The van der Waals surface area contributed by atoms with Crippen molar-refractivity contribution in [1.82, 2.24) is 10.2 Å². The van der Waals surface area contributed by atoms with Gasteiger partial charge in [0.2, 0.25) is 11.8 Å². The number of carbonyl (C=O) groups excluding carboxylic acids is 2. The van der Waals surface area contributed by atoms with Crippen molar-refractivity contribution in [2.45, 2.75) is 56.6 Å². The van der Waals surface area contributed by atoms with E-state index < -0.39 is 21.9 Å². The van der Waals surface area contributed by atoms with Gasteiger partial charge in [0.1, 0.15) is 0 Å². The van der Waals surface area contributed by atoms with Crippen LogP contribution in [0.15, 0.2) is 30.3 Å². The van der Waals surface area contributed by atoms with Crippen molar-refractivity contribution in [3.8, 4) is 0 Å². The maximum Gasteiger partial charge on any atom is 0.226 e. The number of carbonyl (C=O) groups is 2. The smallest absolute Gasteiger partial charge is 0.226 e. The monoisotopic (exact) mass is 436 g/mol. The van der Waals surface area contributed by atoms with Crippen molar-refractivity contribution in [2.75, 3.05) is 25.1 Å². The number of aliphatic hydroxyl groups is 1. The molecule has 166 valence electrons. The molecule has 1 aliphatic heterocycles. The predicted molar refractivity (Wildman–Crippen MR) is 115 cm³/mol. The topological polar surface area (TPSA) is 104 Å². The minimum absolute atomic E-state index is 0.0539. The molecule has 2 amide bonds. The van der Waals surface area contributed by atoms with Gasteiger partial charge in [-0.25, -0.2) is 8.42 Å². The van der Waals surface area contributed by atoms with Crippen LogP contribution < -0.4 is 5.32 Å². The highest BCUT2D eigenvalue weighted by Gasteiger charge is 2.42. The maximum atomic E-state index is 12.9. The Bertz CT molecular complexity index is 873. The molecule has 1 aliphatic carbocycles. The number of nitrogens with zero attached hydrogens (tertiary/aromatic N) is 1. The van der Waals surface area contributed by atoms with E-state index in [2.05, 4.69) is 5.32 Å². The summed E-state index contributed by atoms with van der Waals surface area (Å²) in [6.45, 7) is 1.97. The van der Waals surface area contributed by atoms with E-state index in [4.69, 9.17) is 0 Å². The van der Waals surface area contributed by atoms with Crippen molar-refractivity contribution in [3.05, 3.63) is 35.9 Å². The fourth-order valence-corrected chi connectivity index (χ4v) is 6.64. The van der Waals surface area contributed by atoms with Crippen LogP contribution in [0.1, 0.15) is 44.6 Å². The number of rotatable bonds is 5. The number of amides is 2. The molecule has 2 aliphatic rings. The lowest BCUT2D eigenvalue weighted by molar-refractivity contribution is -0.138. The molecule has 1 heterocycles. The van der Waals surface area contributed by atoms with Crippen LogP contribution in [0.4, 0.5) is 0 Å². The van der Waals surface area contributed by atoms with Crippen molar-refractivity contribution in [3.63, 3.8) is 0 Å². The molecular formula is C22H32N2O5S. The lowest BCUT2D eigenvalue weighted by Crippen LogP contribution is -2.46. The number of benzene rings is 1. The molecule has 1 saturated heterocycles. The van der Waals surface area contributed by atoms with E-state index in [1.54, 1.807) is 11.9 Å². The second kappa shape index (κ2) is 9.06. The molecule has 4 atom stereocenters. The van der Waals surface area contributed by atoms with E-state index in [1.807, 2.05) is 30.3 Å². The molecule has 1 aromatic carbocycles. The Kier molecular flexibility index (Phi) is 6.87. The van der Waals surface area contributed by atoms with Crippen molar-refractivity contribution < 1.29 is 23.1 Å². The molecule has 1 aromatic rings. The Morgan fingerprint density at radius 1 is 1.17 bits per heavy atom. The third-order valence-corrected chi connectivity index (χ3v) is 8.54. The lowest BCUT2D eigenvalue weighted by atomic mass is 9.74. The van der Waals surface area contributed by atoms with Crippen LogP contribution in [-0.2, 0) is 24.8 Å². The lowest BCUT2D eigenvalue weighted by Gasteiger charge is -2.34. The normalized spacial score (nSPS) is 31.0. The number of nitrogens with one attached hydrogen (secondary N) is 1. The summed E-state index contributed by atoms with van der Waals surface area (Å²) in [6.07, 6.45) is 2.14. The van der Waals surface area contributed by atoms with Crippen LogP contribution in [0, 0.1) is 5.92 Å². The first kappa shape index (κ1) is 22.7. The number of hydrogen-bond donors (Lipinski definition) is 2. The van der Waals surface area contributed by atoms with Gasteiger partial charge in [0.25, 0.3) is 0 Å². The highest BCUT2D eigenvalue weighted by atomic mass is 32.2. The Balaban J connectivity index is 1.78. The second-order valence-corrected chi connectivity index (χ2v) is 11.0. The number of sulfone groups is 1. The molecule has 0 radical (unpaired) electrons. The molecule has 8 heteroatoms. The molecule has 2 fully saturated rings. The molecule has 0 aromatic heterocycles. The minimum atomic E-state index is -3.15. The molecule has 3 rings (SSSR count). The third-order valence-electron chi connectivity index (χ3n) is 6.77. The summed E-state index contributed by atoms with van der Waals surface area (Å²) >= 11 is 0. The number of likely N-dealkylation sites (N-methyl/N-ethyl adjacent to an activating group) is 1. The van der Waals surface area contributed by atoms with Gasteiger partial charge in [-0.3, -0.25) is 9.59 Å². The first-order valence-electron chi connectivity index (χ1n) is 10.6. The average molecular weight is 437 g/mol. The standard InChI is InChI=1S/C22H32N2O5S/c1-16(25)23-15-22(18-6-4-3-5-7-18)11-8-19(20(26)9-12-22)24(2)21(27)17-10-13-30(28,29)14-17/h3-7,17,19-20,26H,8-15H2,1-2H3,(H,23,25)/t17-,19-,20-,22+/m0/s1. The summed E-state index contributed by atoms with van der Waals surface area (Å²) in [4.78, 5) is 26.1. The van der Waals surface area contributed by atoms with Gasteiger partial charge in [0.15, 0.2) is 9.84 Å². The van der Waals surface area contributed by atoms with E-state index in [0.29, 0.717) is 38.6 Å². The number of aliphatic hydroxyl groups excluding tert-OH is 1. The molecule has 2 N–H and O–H groups in total. The summed E-state index contributed by atoms with van der Waals surface area (Å²) in [5, 5.41) is 13.8. The quantitative estimate of drug-likeness (QED) is 0.677. The molecule has 30 heavy (non-hydrogen) atoms. The largest absolute Gasteiger partial charge is 0.391 e. The van der Waals surface area contributed by atoms with E-state index >= 15 is 0 Å². The van der Waals surface area contributed by atoms with Gasteiger partial charge in [-0.15, -0.1) is 0 Å². The van der Waals surface area contributed by atoms with Gasteiger partial charge in [-0.1, -0.05) is 30.3 Å². The fourth-order valence-electron chi connectivity index (χ4n) is 4.90. The predicted octanol–water partition coefficient (Wildman–Crippen LogP) is 1.26. The van der Waals surface area contributed by atoms with Crippen LogP contribution in [-0.4, -0.2) is 67.5 Å². The van der Waals surface area contributed by atoms with Gasteiger partial charge < -0.3 is 15.3 Å². The minimum Gasteiger partial charge on any atom is -0.391 e. The van der Waals surface area contributed by atoms with Crippen LogP contribution >= 0.6 is 0 Å². The zero-order valence-electron chi connectivity index (χ0n) is 17.7. The zero-order chi connectivity index (χ0) is 21.9. The summed E-state index contributed by atoms with van der Waals surface area (Å²) < 4.78 is 23.6. The first-order valence-corrected chi connectivity index (χ1v) is 12.4. The fraction of sp³-hybridized carbons (Fsp3) is 0.636. The highest BCUT2D eigenvalue weighted by molar-refractivity contribution is 7.91. The molecule has 0 spiro atoms. The zero-order valence-corrected chi connectivity index (χ0v) is 18.5. The third kappa shape index (κ3) is 5.03. The second-order valence-electron chi connectivity index (χ2n) is 8.82. The Labute approximate surface area is 178 Å². The van der Waals surface area contributed by atoms with E-state index in [0.717, 1.165) is 5.56 Å². The van der Waals surface area contributed by atoms with E-state index in [-0.39, 0.29) is 34.8 Å². The SMILES string of the molecule is CC(=O)NC[C@]1(c2ccccc2)CC[C@H](O)[C@@H](N(C)C(=O)[C@H]2CCS(=O)(=O)C2)CC1. The molecular weight excluding hydrogens is 404 g/mol.